The Balaban J connectivity index is 0.000000299. The summed E-state index contributed by atoms with van der Waals surface area (Å²) in [6, 6.07) is 18.7. The molecule has 0 aliphatic carbocycles. The highest BCUT2D eigenvalue weighted by Gasteiger charge is 2.31. The van der Waals surface area contributed by atoms with E-state index in [4.69, 9.17) is 62.5 Å². The number of H-pyrrole nitrogens is 1. The Bertz CT molecular complexity index is 3800. The smallest absolute Gasteiger partial charge is 0.408 e. The molecule has 0 aliphatic heterocycles. The minimum Gasteiger partial charge on any atom is -0.460 e. The minimum absolute atomic E-state index is 0. The maximum atomic E-state index is 14.7. The fraction of sp³-hybridized carbons (Fsp3) is 0.393. The molecule has 8 aromatic rings. The Labute approximate surface area is 535 Å². The van der Waals surface area contributed by atoms with Crippen molar-refractivity contribution in [3.63, 3.8) is 0 Å². The standard InChI is InChI=1S/C36H47ClF2N6O6Si.C25H25ClF2N6O3.ClH/c1-21(2)29(41-35(47)51-36(4,5)6)33(46)49-22(3)19-40-31-28-30(24-12-10-11-13-25(24)37)44-45(20-48-16-17-52(7,8)9)32(28)43-34(42-31)50-27-15-14-23(38)18-26(27)39;1-12(2)20(29)24(35)36-13(3)11-30-22-19-21(15-6-4-5-7-16(15)26)33-34-23(19)32-25(31-22)37-18-9-8-14(27)10-17(18)28;/h10-15,18,21-22,29H,16-17,19-20H2,1-9H3,(H,41,47)(H,40,42,43);4-10,12-13,20H,11,29H2,1-3H3,(H2,30,31,32,33,34);1H/t22-,29-;13-,20-;/m00./s1. The molecule has 0 radical (unpaired) electrons. The van der Waals surface area contributed by atoms with Gasteiger partial charge in [0.25, 0.3) is 0 Å². The molecule has 0 bridgehead atoms. The van der Waals surface area contributed by atoms with E-state index in [1.807, 2.05) is 26.0 Å². The topological polar surface area (TPSA) is 267 Å². The lowest BCUT2D eigenvalue weighted by molar-refractivity contribution is -0.151. The van der Waals surface area contributed by atoms with Crippen LogP contribution in [0.1, 0.15) is 62.3 Å². The normalized spacial score (nSPS) is 12.9. The largest absolute Gasteiger partial charge is 0.460 e. The monoisotopic (exact) mass is 1330 g/mol. The van der Waals surface area contributed by atoms with Crippen LogP contribution in [0.15, 0.2) is 84.9 Å². The van der Waals surface area contributed by atoms with Crippen LogP contribution in [0.5, 0.6) is 23.5 Å². The van der Waals surface area contributed by atoms with Gasteiger partial charge in [0.15, 0.2) is 34.4 Å². The lowest BCUT2D eigenvalue weighted by Gasteiger charge is -2.26. The predicted octanol–water partition coefficient (Wildman–Crippen LogP) is 13.9. The number of alkyl carbamates (subject to hydrolysis) is 1. The number of nitrogens with one attached hydrogen (secondary N) is 4. The highest BCUT2D eigenvalue weighted by molar-refractivity contribution is 6.76. The summed E-state index contributed by atoms with van der Waals surface area (Å²) >= 11 is 13.0. The van der Waals surface area contributed by atoms with Crippen LogP contribution in [0, 0.1) is 35.1 Å². The molecule has 6 N–H and O–H groups in total. The first-order chi connectivity index (χ1) is 41.9. The third kappa shape index (κ3) is 19.6. The molecular weight excluding hydrogens is 1260 g/mol. The van der Waals surface area contributed by atoms with Crippen LogP contribution in [-0.4, -0.2) is 116 Å². The van der Waals surface area contributed by atoms with Gasteiger partial charge in [-0.1, -0.05) is 107 Å². The van der Waals surface area contributed by atoms with Crippen LogP contribution < -0.4 is 31.2 Å². The molecule has 0 saturated heterocycles. The molecule has 4 atom stereocenters. The molecule has 4 aromatic heterocycles. The zero-order chi connectivity index (χ0) is 65.1. The molecule has 0 unspecified atom stereocenters. The summed E-state index contributed by atoms with van der Waals surface area (Å²) in [7, 11) is -1.39. The zero-order valence-electron chi connectivity index (χ0n) is 51.6. The summed E-state index contributed by atoms with van der Waals surface area (Å²) in [5, 5.41) is 22.7. The first-order valence-corrected chi connectivity index (χ1v) is 32.9. The third-order valence-corrected chi connectivity index (χ3v) is 15.3. The summed E-state index contributed by atoms with van der Waals surface area (Å²) in [6.45, 7) is 23.2. The van der Waals surface area contributed by atoms with E-state index in [1.54, 1.807) is 84.9 Å². The Hall–Kier alpha value is -7.88. The van der Waals surface area contributed by atoms with Crippen molar-refractivity contribution in [3.8, 4) is 46.0 Å². The number of nitrogens with two attached hydrogens (primary N) is 1. The van der Waals surface area contributed by atoms with Gasteiger partial charge in [-0.25, -0.2) is 31.8 Å². The predicted molar refractivity (Wildman–Crippen MR) is 341 cm³/mol. The number of rotatable bonds is 24. The first-order valence-electron chi connectivity index (χ1n) is 28.5. The molecule has 484 valence electrons. The fourth-order valence-corrected chi connectivity index (χ4v) is 9.47. The molecule has 0 saturated carbocycles. The number of aromatic nitrogens is 8. The van der Waals surface area contributed by atoms with Gasteiger partial charge < -0.3 is 50.1 Å². The zero-order valence-corrected chi connectivity index (χ0v) is 55.0. The average Bonchev–Trinajstić information content (AvgIpc) is 3.04. The fourth-order valence-electron chi connectivity index (χ4n) is 8.25. The Kier molecular flexibility index (Phi) is 24.7. The summed E-state index contributed by atoms with van der Waals surface area (Å²) in [6.07, 6.45) is -2.05. The lowest BCUT2D eigenvalue weighted by atomic mass is 10.1. The molecule has 4 aromatic carbocycles. The highest BCUT2D eigenvalue weighted by atomic mass is 35.5. The maximum Gasteiger partial charge on any atom is 0.408 e. The molecule has 90 heavy (non-hydrogen) atoms. The van der Waals surface area contributed by atoms with Crippen LogP contribution in [0.2, 0.25) is 35.7 Å². The Morgan fingerprint density at radius 2 is 1.22 bits per heavy atom. The molecule has 8 rings (SSSR count). The van der Waals surface area contributed by atoms with Gasteiger partial charge in [0.2, 0.25) is 0 Å². The number of amides is 1. The molecule has 21 nitrogen and oxygen atoms in total. The van der Waals surface area contributed by atoms with Gasteiger partial charge in [0.05, 0.1) is 34.6 Å². The number of hydrogen-bond acceptors (Lipinski definition) is 18. The summed E-state index contributed by atoms with van der Waals surface area (Å²) in [5.74, 6) is -5.02. The number of carbonyl (C=O) groups is 3. The van der Waals surface area contributed by atoms with Crippen molar-refractivity contribution in [1.82, 2.24) is 45.2 Å². The van der Waals surface area contributed by atoms with Gasteiger partial charge in [0, 0.05) is 43.0 Å². The van der Waals surface area contributed by atoms with Gasteiger partial charge in [-0.2, -0.15) is 30.1 Å². The number of benzene rings is 4. The Morgan fingerprint density at radius 3 is 1.73 bits per heavy atom. The van der Waals surface area contributed by atoms with Crippen molar-refractivity contribution < 1.29 is 60.4 Å². The second-order valence-electron chi connectivity index (χ2n) is 23.6. The van der Waals surface area contributed by atoms with Crippen molar-refractivity contribution in [3.05, 3.63) is 118 Å². The average molecular weight is 1330 g/mol. The minimum atomic E-state index is -1.39. The van der Waals surface area contributed by atoms with E-state index >= 15 is 0 Å². The molecular formula is C61H73Cl3F4N12O9Si. The quantitative estimate of drug-likeness (QED) is 0.0124. The molecule has 4 heterocycles. The van der Waals surface area contributed by atoms with Gasteiger partial charge >= 0.3 is 30.1 Å². The van der Waals surface area contributed by atoms with E-state index in [-0.39, 0.29) is 90.5 Å². The maximum absolute atomic E-state index is 14.7. The number of anilines is 2. The molecule has 1 amide bonds. The van der Waals surface area contributed by atoms with Crippen molar-refractivity contribution in [1.29, 1.82) is 0 Å². The molecule has 0 aliphatic rings. The van der Waals surface area contributed by atoms with Crippen LogP contribution in [0.25, 0.3) is 44.6 Å². The van der Waals surface area contributed by atoms with Gasteiger partial charge in [-0.15, -0.1) is 12.4 Å². The highest BCUT2D eigenvalue weighted by Crippen LogP contribution is 2.39. The number of nitrogens with zero attached hydrogens (tertiary/aromatic N) is 7. The van der Waals surface area contributed by atoms with E-state index < -0.39 is 79.3 Å². The van der Waals surface area contributed by atoms with Crippen LogP contribution in [0.4, 0.5) is 34.0 Å². The van der Waals surface area contributed by atoms with Crippen molar-refractivity contribution in [2.75, 3.05) is 30.3 Å². The van der Waals surface area contributed by atoms with Crippen LogP contribution in [-0.2, 0) is 35.3 Å². The van der Waals surface area contributed by atoms with Crippen molar-refractivity contribution in [2.45, 2.75) is 125 Å². The number of aromatic amines is 1. The summed E-state index contributed by atoms with van der Waals surface area (Å²) in [4.78, 5) is 55.7. The number of halogens is 7. The summed E-state index contributed by atoms with van der Waals surface area (Å²) in [5.41, 5.74) is 7.82. The number of ether oxygens (including phenoxy) is 6. The van der Waals surface area contributed by atoms with Gasteiger partial charge in [-0.05, 0) is 88.9 Å². The van der Waals surface area contributed by atoms with E-state index in [0.717, 1.165) is 30.3 Å². The number of carbonyl (C=O) groups excluding carboxylic acids is 3. The van der Waals surface area contributed by atoms with Crippen molar-refractivity contribution in [2.24, 2.45) is 17.6 Å². The number of hydrogen-bond donors (Lipinski definition) is 5. The van der Waals surface area contributed by atoms with E-state index in [2.05, 4.69) is 65.7 Å². The molecule has 0 spiro atoms. The lowest BCUT2D eigenvalue weighted by Crippen LogP contribution is -2.48. The van der Waals surface area contributed by atoms with Gasteiger partial charge in [-0.3, -0.25) is 9.89 Å². The number of fused-ring (bicyclic) bond motifs is 2. The second-order valence-corrected chi connectivity index (χ2v) is 30.0. The van der Waals surface area contributed by atoms with Gasteiger partial charge in [0.1, 0.15) is 65.6 Å². The van der Waals surface area contributed by atoms with E-state index in [0.29, 0.717) is 62.1 Å². The van der Waals surface area contributed by atoms with Crippen molar-refractivity contribution >= 4 is 95.4 Å². The van der Waals surface area contributed by atoms with Crippen LogP contribution in [0.3, 0.4) is 0 Å². The SMILES string of the molecule is CC(C)[C@H](N)C(=O)O[C@@H](C)CNc1nc(Oc2ccc(F)cc2F)nc2n[nH]c(-c3ccccc3Cl)c12.CC(C)[C@H](NC(=O)OC(C)(C)C)C(=O)O[C@@H](C)CNc1nc(Oc2ccc(F)cc2F)nc2c1c(-c1ccccc1Cl)nn2COCC[Si](C)(C)C.Cl. The molecule has 0 fully saturated rings. The first kappa shape index (κ1) is 71.2. The van der Waals surface area contributed by atoms with E-state index in [9.17, 15) is 31.9 Å². The third-order valence-electron chi connectivity index (χ3n) is 13.0. The van der Waals surface area contributed by atoms with E-state index in [1.165, 1.54) is 4.68 Å². The Morgan fingerprint density at radius 1 is 0.700 bits per heavy atom. The second kappa shape index (κ2) is 31.2. The van der Waals surface area contributed by atoms with Crippen LogP contribution >= 0.6 is 35.6 Å². The summed E-state index contributed by atoms with van der Waals surface area (Å²) < 4.78 is 91.2. The number of esters is 2. The molecule has 29 heteroatoms.